The fourth-order valence-electron chi connectivity index (χ4n) is 0.904. The van der Waals surface area contributed by atoms with Crippen molar-refractivity contribution in [3.8, 4) is 11.5 Å². The van der Waals surface area contributed by atoms with Crippen LogP contribution in [0.4, 0.5) is 4.39 Å². The monoisotopic (exact) mass is 186 g/mol. The van der Waals surface area contributed by atoms with E-state index in [-0.39, 0.29) is 11.3 Å². The third kappa shape index (κ3) is 1.69. The molecule has 0 saturated heterocycles. The van der Waals surface area contributed by atoms with Gasteiger partial charge in [0.25, 0.3) is 0 Å². The van der Waals surface area contributed by atoms with E-state index >= 15 is 0 Å². The molecule has 70 valence electrons. The van der Waals surface area contributed by atoms with Gasteiger partial charge in [0, 0.05) is 0 Å². The van der Waals surface area contributed by atoms with E-state index in [2.05, 4.69) is 4.74 Å². The Balaban J connectivity index is 3.28. The van der Waals surface area contributed by atoms with Crippen molar-refractivity contribution < 1.29 is 24.1 Å². The number of carboxylic acid groups (broad SMARTS) is 1. The number of hydrogen-bond donors (Lipinski definition) is 2. The average Bonchev–Trinajstić information content (AvgIpc) is 2.03. The maximum atomic E-state index is 12.9. The smallest absolute Gasteiger partial charge is 0.335 e. The van der Waals surface area contributed by atoms with E-state index in [0.29, 0.717) is 0 Å². The van der Waals surface area contributed by atoms with Crippen LogP contribution in [-0.4, -0.2) is 23.3 Å². The van der Waals surface area contributed by atoms with Crippen molar-refractivity contribution in [2.24, 2.45) is 0 Å². The molecule has 0 unspecified atom stereocenters. The van der Waals surface area contributed by atoms with Crippen molar-refractivity contribution in [3.63, 3.8) is 0 Å². The molecular weight excluding hydrogens is 179 g/mol. The SMILES string of the molecule is COc1c(O)cc(C(=O)O)cc1F. The number of aromatic hydroxyl groups is 1. The number of ether oxygens (including phenoxy) is 1. The molecule has 0 heterocycles. The van der Waals surface area contributed by atoms with Crippen molar-refractivity contribution in [2.45, 2.75) is 0 Å². The number of carbonyl (C=O) groups is 1. The minimum atomic E-state index is -1.31. The largest absolute Gasteiger partial charge is 0.504 e. The zero-order chi connectivity index (χ0) is 10.0. The lowest BCUT2D eigenvalue weighted by Gasteiger charge is -2.04. The molecule has 13 heavy (non-hydrogen) atoms. The predicted octanol–water partition coefficient (Wildman–Crippen LogP) is 1.24. The van der Waals surface area contributed by atoms with Gasteiger partial charge < -0.3 is 14.9 Å². The molecule has 1 rings (SSSR count). The van der Waals surface area contributed by atoms with Crippen LogP contribution in [0.5, 0.6) is 11.5 Å². The lowest BCUT2D eigenvalue weighted by Crippen LogP contribution is -1.98. The summed E-state index contributed by atoms with van der Waals surface area (Å²) in [4.78, 5) is 10.4. The fraction of sp³-hybridized carbons (Fsp3) is 0.125. The van der Waals surface area contributed by atoms with Gasteiger partial charge >= 0.3 is 5.97 Å². The zero-order valence-electron chi connectivity index (χ0n) is 6.74. The van der Waals surface area contributed by atoms with Crippen LogP contribution >= 0.6 is 0 Å². The van der Waals surface area contributed by atoms with Gasteiger partial charge in [0.05, 0.1) is 12.7 Å². The maximum Gasteiger partial charge on any atom is 0.335 e. The average molecular weight is 186 g/mol. The van der Waals surface area contributed by atoms with Gasteiger partial charge in [-0.3, -0.25) is 0 Å². The van der Waals surface area contributed by atoms with Crippen LogP contribution in [0.25, 0.3) is 0 Å². The molecule has 5 heteroatoms. The van der Waals surface area contributed by atoms with E-state index in [1.165, 1.54) is 7.11 Å². The number of benzene rings is 1. The van der Waals surface area contributed by atoms with E-state index in [1.807, 2.05) is 0 Å². The van der Waals surface area contributed by atoms with Gasteiger partial charge in [0.15, 0.2) is 17.3 Å². The number of rotatable bonds is 2. The molecule has 0 radical (unpaired) electrons. The number of phenolic OH excluding ortho intramolecular Hbond substituents is 1. The molecule has 2 N–H and O–H groups in total. The third-order valence-electron chi connectivity index (χ3n) is 1.48. The molecule has 1 aromatic rings. The Hall–Kier alpha value is -1.78. The van der Waals surface area contributed by atoms with Gasteiger partial charge in [-0.05, 0) is 12.1 Å². The Morgan fingerprint density at radius 3 is 2.54 bits per heavy atom. The lowest BCUT2D eigenvalue weighted by molar-refractivity contribution is 0.0695. The molecule has 0 aromatic heterocycles. The summed E-state index contributed by atoms with van der Waals surface area (Å²) in [6, 6.07) is 1.70. The topological polar surface area (TPSA) is 66.8 Å². The van der Waals surface area contributed by atoms with Gasteiger partial charge in [-0.2, -0.15) is 0 Å². The summed E-state index contributed by atoms with van der Waals surface area (Å²) in [5.74, 6) is -3.10. The highest BCUT2D eigenvalue weighted by Gasteiger charge is 2.13. The summed E-state index contributed by atoms with van der Waals surface area (Å²) in [7, 11) is 1.18. The summed E-state index contributed by atoms with van der Waals surface area (Å²) in [6.45, 7) is 0. The van der Waals surface area contributed by atoms with Crippen LogP contribution in [0.3, 0.4) is 0 Å². The summed E-state index contributed by atoms with van der Waals surface area (Å²) >= 11 is 0. The number of aromatic carboxylic acids is 1. The first kappa shape index (κ1) is 9.31. The van der Waals surface area contributed by atoms with E-state index < -0.39 is 17.5 Å². The molecule has 4 nitrogen and oxygen atoms in total. The summed E-state index contributed by atoms with van der Waals surface area (Å²) in [5.41, 5.74) is -0.323. The number of phenols is 1. The molecule has 0 bridgehead atoms. The van der Waals surface area contributed by atoms with E-state index in [0.717, 1.165) is 12.1 Å². The highest BCUT2D eigenvalue weighted by molar-refractivity contribution is 5.88. The first-order valence-electron chi connectivity index (χ1n) is 3.36. The Morgan fingerprint density at radius 2 is 2.15 bits per heavy atom. The van der Waals surface area contributed by atoms with E-state index in [1.54, 1.807) is 0 Å². The Morgan fingerprint density at radius 1 is 1.54 bits per heavy atom. The van der Waals surface area contributed by atoms with Gasteiger partial charge in [-0.1, -0.05) is 0 Å². The van der Waals surface area contributed by atoms with Crippen LogP contribution in [0, 0.1) is 5.82 Å². The van der Waals surface area contributed by atoms with Crippen molar-refractivity contribution in [1.29, 1.82) is 0 Å². The second-order valence-corrected chi connectivity index (χ2v) is 2.32. The molecule has 0 saturated carbocycles. The highest BCUT2D eigenvalue weighted by atomic mass is 19.1. The number of halogens is 1. The van der Waals surface area contributed by atoms with Gasteiger partial charge in [-0.15, -0.1) is 0 Å². The maximum absolute atomic E-state index is 12.9. The van der Waals surface area contributed by atoms with Crippen LogP contribution in [-0.2, 0) is 0 Å². The van der Waals surface area contributed by atoms with Crippen LogP contribution < -0.4 is 4.74 Å². The Labute approximate surface area is 73.2 Å². The summed E-state index contributed by atoms with van der Waals surface area (Å²) in [5, 5.41) is 17.6. The van der Waals surface area contributed by atoms with Crippen molar-refractivity contribution in [1.82, 2.24) is 0 Å². The Bertz CT molecular complexity index is 325. The van der Waals surface area contributed by atoms with Crippen LogP contribution in [0.15, 0.2) is 12.1 Å². The molecule has 0 atom stereocenters. The van der Waals surface area contributed by atoms with Crippen molar-refractivity contribution in [3.05, 3.63) is 23.5 Å². The van der Waals surface area contributed by atoms with E-state index in [4.69, 9.17) is 10.2 Å². The minimum absolute atomic E-state index is 0.323. The first-order valence-corrected chi connectivity index (χ1v) is 3.36. The first-order chi connectivity index (χ1) is 6.06. The van der Waals surface area contributed by atoms with Crippen LogP contribution in [0.2, 0.25) is 0 Å². The Kier molecular flexibility index (Phi) is 2.36. The molecule has 0 fully saturated rings. The standard InChI is InChI=1S/C8H7FO4/c1-13-7-5(9)2-4(8(11)12)3-6(7)10/h2-3,10H,1H3,(H,11,12). The quantitative estimate of drug-likeness (QED) is 0.729. The molecule has 0 aliphatic carbocycles. The fourth-order valence-corrected chi connectivity index (χ4v) is 0.904. The van der Waals surface area contributed by atoms with Gasteiger partial charge in [-0.25, -0.2) is 9.18 Å². The zero-order valence-corrected chi connectivity index (χ0v) is 6.74. The molecule has 1 aromatic carbocycles. The molecule has 0 aliphatic rings. The summed E-state index contributed by atoms with van der Waals surface area (Å²) in [6.07, 6.45) is 0. The molecule has 0 spiro atoms. The number of hydrogen-bond acceptors (Lipinski definition) is 3. The minimum Gasteiger partial charge on any atom is -0.504 e. The molecular formula is C8H7FO4. The normalized spacial score (nSPS) is 9.69. The van der Waals surface area contributed by atoms with Crippen LogP contribution in [0.1, 0.15) is 10.4 Å². The van der Waals surface area contributed by atoms with Gasteiger partial charge in [0.2, 0.25) is 0 Å². The molecule has 0 amide bonds. The second-order valence-electron chi connectivity index (χ2n) is 2.32. The second kappa shape index (κ2) is 3.30. The highest BCUT2D eigenvalue weighted by Crippen LogP contribution is 2.29. The third-order valence-corrected chi connectivity index (χ3v) is 1.48. The predicted molar refractivity (Wildman–Crippen MR) is 41.6 cm³/mol. The van der Waals surface area contributed by atoms with Crippen molar-refractivity contribution >= 4 is 5.97 Å². The summed E-state index contributed by atoms with van der Waals surface area (Å²) < 4.78 is 17.4. The molecule has 0 aliphatic heterocycles. The lowest BCUT2D eigenvalue weighted by atomic mass is 10.2. The van der Waals surface area contributed by atoms with E-state index in [9.17, 15) is 9.18 Å². The number of carboxylic acids is 1. The van der Waals surface area contributed by atoms with Crippen molar-refractivity contribution in [2.75, 3.05) is 7.11 Å². The number of methoxy groups -OCH3 is 1. The van der Waals surface area contributed by atoms with Gasteiger partial charge in [0.1, 0.15) is 0 Å².